The molecule has 0 aliphatic heterocycles. The topological polar surface area (TPSA) is 71.1 Å². The van der Waals surface area contributed by atoms with Gasteiger partial charge in [0.25, 0.3) is 11.8 Å². The fourth-order valence-corrected chi connectivity index (χ4v) is 3.10. The summed E-state index contributed by atoms with van der Waals surface area (Å²) >= 11 is 0. The number of carbonyl (C=O) groups is 2. The van der Waals surface area contributed by atoms with Gasteiger partial charge in [0.15, 0.2) is 0 Å². The van der Waals surface area contributed by atoms with Crippen molar-refractivity contribution in [1.82, 2.24) is 10.3 Å². The van der Waals surface area contributed by atoms with Crippen molar-refractivity contribution in [1.29, 1.82) is 0 Å². The van der Waals surface area contributed by atoms with E-state index in [2.05, 4.69) is 29.5 Å². The monoisotopic (exact) mass is 387 g/mol. The van der Waals surface area contributed by atoms with Gasteiger partial charge in [-0.1, -0.05) is 62.4 Å². The molecule has 3 rings (SSSR count). The van der Waals surface area contributed by atoms with Crippen molar-refractivity contribution in [3.8, 4) is 0 Å². The Hall–Kier alpha value is -3.47. The highest BCUT2D eigenvalue weighted by molar-refractivity contribution is 6.05. The van der Waals surface area contributed by atoms with Crippen LogP contribution in [0, 0.1) is 6.92 Å². The summed E-state index contributed by atoms with van der Waals surface area (Å²) in [7, 11) is 0. The number of carbonyl (C=O) groups excluding carboxylic acids is 2. The van der Waals surface area contributed by atoms with Crippen LogP contribution in [0.4, 0.5) is 5.69 Å². The Bertz CT molecular complexity index is 1010. The molecular weight excluding hydrogens is 362 g/mol. The summed E-state index contributed by atoms with van der Waals surface area (Å²) in [5.74, 6) is -0.309. The molecule has 2 N–H and O–H groups in total. The number of aromatic nitrogens is 1. The molecule has 0 bridgehead atoms. The average molecular weight is 387 g/mol. The second-order valence-electron chi connectivity index (χ2n) is 7.25. The van der Waals surface area contributed by atoms with E-state index in [4.69, 9.17) is 0 Å². The lowest BCUT2D eigenvalue weighted by Gasteiger charge is -2.16. The third-order valence-corrected chi connectivity index (χ3v) is 4.72. The van der Waals surface area contributed by atoms with E-state index in [1.165, 1.54) is 12.3 Å². The van der Waals surface area contributed by atoms with Crippen LogP contribution in [0.1, 0.15) is 57.3 Å². The Morgan fingerprint density at radius 3 is 2.45 bits per heavy atom. The molecular formula is C24H25N3O2. The Morgan fingerprint density at radius 1 is 0.966 bits per heavy atom. The van der Waals surface area contributed by atoms with Crippen molar-refractivity contribution in [2.45, 2.75) is 33.2 Å². The molecule has 5 nitrogen and oxygen atoms in total. The highest BCUT2D eigenvalue weighted by Crippen LogP contribution is 2.27. The van der Waals surface area contributed by atoms with Gasteiger partial charge in [0.2, 0.25) is 0 Å². The predicted octanol–water partition coefficient (Wildman–Crippen LogP) is 4.70. The molecule has 148 valence electrons. The molecule has 1 heterocycles. The largest absolute Gasteiger partial charge is 0.348 e. The van der Waals surface area contributed by atoms with E-state index in [0.29, 0.717) is 12.1 Å². The van der Waals surface area contributed by atoms with E-state index in [0.717, 1.165) is 22.4 Å². The fourth-order valence-electron chi connectivity index (χ4n) is 3.10. The molecule has 0 atom stereocenters. The number of para-hydroxylation sites is 1. The third-order valence-electron chi connectivity index (χ3n) is 4.72. The van der Waals surface area contributed by atoms with Crippen LogP contribution in [-0.2, 0) is 6.54 Å². The van der Waals surface area contributed by atoms with Crippen LogP contribution >= 0.6 is 0 Å². The van der Waals surface area contributed by atoms with Gasteiger partial charge in [-0.05, 0) is 41.7 Å². The summed E-state index contributed by atoms with van der Waals surface area (Å²) in [6, 6.07) is 18.7. The van der Waals surface area contributed by atoms with Gasteiger partial charge in [-0.2, -0.15) is 0 Å². The van der Waals surface area contributed by atoms with E-state index < -0.39 is 0 Å². The smallest absolute Gasteiger partial charge is 0.274 e. The van der Waals surface area contributed by atoms with E-state index >= 15 is 0 Å². The van der Waals surface area contributed by atoms with Crippen LogP contribution in [0.5, 0.6) is 0 Å². The van der Waals surface area contributed by atoms with Crippen LogP contribution in [0.25, 0.3) is 0 Å². The summed E-state index contributed by atoms with van der Waals surface area (Å²) < 4.78 is 0. The first-order chi connectivity index (χ1) is 14.0. The van der Waals surface area contributed by atoms with E-state index in [9.17, 15) is 9.59 Å². The quantitative estimate of drug-likeness (QED) is 0.644. The van der Waals surface area contributed by atoms with Crippen molar-refractivity contribution < 1.29 is 9.59 Å². The van der Waals surface area contributed by atoms with Gasteiger partial charge >= 0.3 is 0 Å². The van der Waals surface area contributed by atoms with Crippen LogP contribution in [0.3, 0.4) is 0 Å². The maximum atomic E-state index is 12.8. The SMILES string of the molecule is Cc1cccc(C(C)C)c1NC(=O)c1cc(C(=O)NCc2ccccc2)ccn1. The highest BCUT2D eigenvalue weighted by atomic mass is 16.2. The molecule has 0 saturated heterocycles. The molecule has 0 fully saturated rings. The van der Waals surface area contributed by atoms with E-state index in [-0.39, 0.29) is 23.4 Å². The van der Waals surface area contributed by atoms with Gasteiger partial charge in [-0.25, -0.2) is 0 Å². The van der Waals surface area contributed by atoms with E-state index in [1.807, 2.05) is 55.5 Å². The molecule has 0 saturated carbocycles. The first-order valence-electron chi connectivity index (χ1n) is 9.64. The zero-order chi connectivity index (χ0) is 20.8. The lowest BCUT2D eigenvalue weighted by molar-refractivity contribution is 0.0951. The van der Waals surface area contributed by atoms with Crippen molar-refractivity contribution in [3.05, 3.63) is 94.8 Å². The van der Waals surface area contributed by atoms with Crippen molar-refractivity contribution in [2.75, 3.05) is 5.32 Å². The molecule has 0 spiro atoms. The maximum Gasteiger partial charge on any atom is 0.274 e. The Labute approximate surface area is 171 Å². The standard InChI is InChI=1S/C24H25N3O2/c1-16(2)20-11-7-8-17(3)22(20)27-24(29)21-14-19(12-13-25-21)23(28)26-15-18-9-5-4-6-10-18/h4-14,16H,15H2,1-3H3,(H,26,28)(H,27,29). The van der Waals surface area contributed by atoms with Crippen molar-refractivity contribution in [2.24, 2.45) is 0 Å². The van der Waals surface area contributed by atoms with E-state index in [1.54, 1.807) is 6.07 Å². The minimum Gasteiger partial charge on any atom is -0.348 e. The van der Waals surface area contributed by atoms with Gasteiger partial charge in [0.1, 0.15) is 5.69 Å². The van der Waals surface area contributed by atoms with Gasteiger partial charge < -0.3 is 10.6 Å². The second-order valence-corrected chi connectivity index (χ2v) is 7.25. The number of anilines is 1. The number of pyridine rings is 1. The minimum atomic E-state index is -0.334. The molecule has 0 unspecified atom stereocenters. The van der Waals surface area contributed by atoms with Crippen LogP contribution in [0.15, 0.2) is 66.9 Å². The van der Waals surface area contributed by atoms with Gasteiger partial charge in [-0.15, -0.1) is 0 Å². The summed E-state index contributed by atoms with van der Waals surface area (Å²) in [4.78, 5) is 29.4. The van der Waals surface area contributed by atoms with Crippen molar-refractivity contribution >= 4 is 17.5 Å². The maximum absolute atomic E-state index is 12.8. The van der Waals surface area contributed by atoms with Crippen LogP contribution in [-0.4, -0.2) is 16.8 Å². The Kier molecular flexibility index (Phi) is 6.39. The number of amides is 2. The van der Waals surface area contributed by atoms with Crippen molar-refractivity contribution in [3.63, 3.8) is 0 Å². The van der Waals surface area contributed by atoms with Gasteiger partial charge in [-0.3, -0.25) is 14.6 Å². The lowest BCUT2D eigenvalue weighted by Crippen LogP contribution is -2.24. The number of nitrogens with one attached hydrogen (secondary N) is 2. The molecule has 1 aromatic heterocycles. The normalized spacial score (nSPS) is 10.6. The summed E-state index contributed by atoms with van der Waals surface area (Å²) in [5, 5.41) is 5.83. The number of rotatable bonds is 6. The first kappa shape index (κ1) is 20.3. The predicted molar refractivity (Wildman–Crippen MR) is 115 cm³/mol. The Morgan fingerprint density at radius 2 is 1.72 bits per heavy atom. The summed E-state index contributed by atoms with van der Waals surface area (Å²) in [5.41, 5.74) is 4.46. The molecule has 5 heteroatoms. The molecule has 0 radical (unpaired) electrons. The highest BCUT2D eigenvalue weighted by Gasteiger charge is 2.16. The van der Waals surface area contributed by atoms with Gasteiger partial charge in [0, 0.05) is 24.0 Å². The summed E-state index contributed by atoms with van der Waals surface area (Å²) in [6.45, 7) is 6.55. The zero-order valence-electron chi connectivity index (χ0n) is 16.9. The first-order valence-corrected chi connectivity index (χ1v) is 9.64. The number of aryl methyl sites for hydroxylation is 1. The fraction of sp³-hybridized carbons (Fsp3) is 0.208. The summed E-state index contributed by atoms with van der Waals surface area (Å²) in [6.07, 6.45) is 1.48. The number of hydrogen-bond donors (Lipinski definition) is 2. The Balaban J connectivity index is 1.74. The minimum absolute atomic E-state index is 0.204. The number of nitrogens with zero attached hydrogens (tertiary/aromatic N) is 1. The average Bonchev–Trinajstić information content (AvgIpc) is 2.74. The third kappa shape index (κ3) is 5.08. The molecule has 0 aliphatic carbocycles. The molecule has 3 aromatic rings. The molecule has 2 aromatic carbocycles. The molecule has 29 heavy (non-hydrogen) atoms. The van der Waals surface area contributed by atoms with Crippen LogP contribution in [0.2, 0.25) is 0 Å². The zero-order valence-corrected chi connectivity index (χ0v) is 16.9. The lowest BCUT2D eigenvalue weighted by atomic mass is 9.98. The second kappa shape index (κ2) is 9.15. The van der Waals surface area contributed by atoms with Gasteiger partial charge in [0.05, 0.1) is 0 Å². The molecule has 0 aliphatic rings. The van der Waals surface area contributed by atoms with Crippen LogP contribution < -0.4 is 10.6 Å². The number of hydrogen-bond acceptors (Lipinski definition) is 3. The number of benzene rings is 2. The molecule has 2 amide bonds.